The molecule has 3 heteroatoms. The van der Waals surface area contributed by atoms with Gasteiger partial charge in [0.05, 0.1) is 13.2 Å². The number of Topliss-reactive ketones (excluding diaryl/α,β-unsaturated/α-hetero) is 2. The predicted octanol–water partition coefficient (Wildman–Crippen LogP) is 2.73. The molecular weight excluding hydrogens is 240 g/mol. The van der Waals surface area contributed by atoms with Crippen LogP contribution in [0.15, 0.2) is 47.1 Å². The molecule has 3 nitrogen and oxygen atoms in total. The molecule has 0 unspecified atom stereocenters. The third-order valence-corrected chi connectivity index (χ3v) is 3.48. The van der Waals surface area contributed by atoms with Crippen LogP contribution in [0.2, 0.25) is 0 Å². The van der Waals surface area contributed by atoms with Gasteiger partial charge in [0, 0.05) is 28.7 Å². The molecule has 3 rings (SSSR count). The van der Waals surface area contributed by atoms with Crippen molar-refractivity contribution in [2.45, 2.75) is 13.3 Å². The van der Waals surface area contributed by atoms with Gasteiger partial charge in [-0.25, -0.2) is 0 Å². The van der Waals surface area contributed by atoms with E-state index in [1.54, 1.807) is 30.3 Å². The molecule has 0 saturated carbocycles. The molecule has 0 aromatic heterocycles. The summed E-state index contributed by atoms with van der Waals surface area (Å²) in [6.07, 6.45) is 2.29. The minimum atomic E-state index is -0.0496. The number of rotatable bonds is 0. The zero-order valence-electron chi connectivity index (χ0n) is 10.7. The standard InChI is InChI=1S/C16H14O3/c1-10-8-14-13(6-7-19-9-10)15(17)11-4-2-3-5-12(11)16(14)18/h2-5,8H,6-7,9H2,1H3/b10-8-. The van der Waals surface area contributed by atoms with Crippen molar-refractivity contribution in [3.63, 3.8) is 0 Å². The Kier molecular flexibility index (Phi) is 2.91. The van der Waals surface area contributed by atoms with Crippen molar-refractivity contribution in [3.8, 4) is 0 Å². The fourth-order valence-electron chi connectivity index (χ4n) is 2.54. The van der Waals surface area contributed by atoms with Crippen LogP contribution in [-0.4, -0.2) is 24.8 Å². The van der Waals surface area contributed by atoms with Gasteiger partial charge < -0.3 is 4.74 Å². The third-order valence-electron chi connectivity index (χ3n) is 3.48. The molecule has 19 heavy (non-hydrogen) atoms. The van der Waals surface area contributed by atoms with E-state index >= 15 is 0 Å². The minimum absolute atomic E-state index is 0.0419. The van der Waals surface area contributed by atoms with E-state index in [4.69, 9.17) is 4.74 Å². The van der Waals surface area contributed by atoms with Crippen LogP contribution in [0.25, 0.3) is 0 Å². The van der Waals surface area contributed by atoms with Crippen molar-refractivity contribution >= 4 is 11.6 Å². The molecule has 1 aliphatic carbocycles. The summed E-state index contributed by atoms with van der Waals surface area (Å²) in [6.45, 7) is 2.90. The molecule has 1 aromatic rings. The summed E-state index contributed by atoms with van der Waals surface area (Å²) < 4.78 is 5.44. The number of ether oxygens (including phenoxy) is 1. The molecule has 96 valence electrons. The van der Waals surface area contributed by atoms with Gasteiger partial charge in [0.15, 0.2) is 11.6 Å². The van der Waals surface area contributed by atoms with E-state index in [2.05, 4.69) is 0 Å². The molecule has 2 aliphatic rings. The Morgan fingerprint density at radius 2 is 1.74 bits per heavy atom. The monoisotopic (exact) mass is 254 g/mol. The van der Waals surface area contributed by atoms with Gasteiger partial charge in [-0.15, -0.1) is 0 Å². The highest BCUT2D eigenvalue weighted by Crippen LogP contribution is 2.30. The average Bonchev–Trinajstić information content (AvgIpc) is 2.40. The van der Waals surface area contributed by atoms with Crippen LogP contribution in [0.3, 0.4) is 0 Å². The minimum Gasteiger partial charge on any atom is -0.377 e. The third kappa shape index (κ3) is 1.96. The van der Waals surface area contributed by atoms with E-state index in [1.807, 2.05) is 6.92 Å². The molecular formula is C16H14O3. The fraction of sp³-hybridized carbons (Fsp3) is 0.250. The predicted molar refractivity (Wildman–Crippen MR) is 71.3 cm³/mol. The zero-order valence-corrected chi connectivity index (χ0v) is 10.7. The Morgan fingerprint density at radius 1 is 1.05 bits per heavy atom. The number of hydrogen-bond acceptors (Lipinski definition) is 3. The summed E-state index contributed by atoms with van der Waals surface area (Å²) in [5.41, 5.74) is 3.12. The van der Waals surface area contributed by atoms with Crippen molar-refractivity contribution < 1.29 is 14.3 Å². The molecule has 0 saturated heterocycles. The van der Waals surface area contributed by atoms with E-state index in [0.29, 0.717) is 41.9 Å². The van der Waals surface area contributed by atoms with Crippen molar-refractivity contribution in [3.05, 3.63) is 58.2 Å². The molecule has 1 heterocycles. The summed E-state index contributed by atoms with van der Waals surface area (Å²) >= 11 is 0. The van der Waals surface area contributed by atoms with Crippen LogP contribution in [0, 0.1) is 0 Å². The van der Waals surface area contributed by atoms with Crippen molar-refractivity contribution in [2.75, 3.05) is 13.2 Å². The number of carbonyl (C=O) groups excluding carboxylic acids is 2. The highest BCUT2D eigenvalue weighted by Gasteiger charge is 2.30. The van der Waals surface area contributed by atoms with Gasteiger partial charge >= 0.3 is 0 Å². The molecule has 0 radical (unpaired) electrons. The van der Waals surface area contributed by atoms with Gasteiger partial charge in [-0.2, -0.15) is 0 Å². The molecule has 1 aliphatic heterocycles. The van der Waals surface area contributed by atoms with Gasteiger partial charge in [-0.1, -0.05) is 24.3 Å². The number of carbonyl (C=O) groups is 2. The molecule has 1 aromatic carbocycles. The summed E-state index contributed by atoms with van der Waals surface area (Å²) in [4.78, 5) is 25.0. The number of ketones is 2. The first-order chi connectivity index (χ1) is 9.18. The van der Waals surface area contributed by atoms with Crippen LogP contribution in [0.5, 0.6) is 0 Å². The quantitative estimate of drug-likeness (QED) is 0.715. The second kappa shape index (κ2) is 4.59. The molecule has 0 N–H and O–H groups in total. The largest absolute Gasteiger partial charge is 0.377 e. The summed E-state index contributed by atoms with van der Waals surface area (Å²) in [7, 11) is 0. The van der Waals surface area contributed by atoms with E-state index in [1.165, 1.54) is 0 Å². The normalized spacial score (nSPS) is 22.1. The second-order valence-corrected chi connectivity index (χ2v) is 4.89. The SMILES string of the molecule is C/C1=C/C2=C(CCOC1)C(=O)c1ccccc1C2=O. The maximum absolute atomic E-state index is 12.5. The summed E-state index contributed by atoms with van der Waals surface area (Å²) in [6, 6.07) is 7.02. The zero-order chi connectivity index (χ0) is 13.4. The molecule has 0 spiro atoms. The molecule has 0 bridgehead atoms. The first-order valence-electron chi connectivity index (χ1n) is 6.35. The van der Waals surface area contributed by atoms with Gasteiger partial charge in [0.25, 0.3) is 0 Å². The fourth-order valence-corrected chi connectivity index (χ4v) is 2.54. The lowest BCUT2D eigenvalue weighted by Crippen LogP contribution is -2.23. The Bertz CT molecular complexity index is 635. The lowest BCUT2D eigenvalue weighted by Gasteiger charge is -2.21. The smallest absolute Gasteiger partial charge is 0.194 e. The Labute approximate surface area is 111 Å². The second-order valence-electron chi connectivity index (χ2n) is 4.89. The highest BCUT2D eigenvalue weighted by molar-refractivity contribution is 6.27. The Morgan fingerprint density at radius 3 is 2.47 bits per heavy atom. The number of fused-ring (bicyclic) bond motifs is 1. The topological polar surface area (TPSA) is 43.4 Å². The Balaban J connectivity index is 2.20. The lowest BCUT2D eigenvalue weighted by atomic mass is 9.82. The number of allylic oxidation sites excluding steroid dienone is 2. The van der Waals surface area contributed by atoms with E-state index < -0.39 is 0 Å². The summed E-state index contributed by atoms with van der Waals surface area (Å²) in [5, 5.41) is 0. The van der Waals surface area contributed by atoms with Gasteiger partial charge in [0.2, 0.25) is 0 Å². The number of hydrogen-bond donors (Lipinski definition) is 0. The van der Waals surface area contributed by atoms with Crippen LogP contribution in [0.1, 0.15) is 34.1 Å². The van der Waals surface area contributed by atoms with Crippen molar-refractivity contribution in [2.24, 2.45) is 0 Å². The van der Waals surface area contributed by atoms with Crippen molar-refractivity contribution in [1.82, 2.24) is 0 Å². The average molecular weight is 254 g/mol. The molecule has 0 fully saturated rings. The van der Waals surface area contributed by atoms with E-state index in [0.717, 1.165) is 5.57 Å². The summed E-state index contributed by atoms with van der Waals surface area (Å²) in [5.74, 6) is -0.0915. The Hall–Kier alpha value is -2.00. The van der Waals surface area contributed by atoms with Crippen LogP contribution in [-0.2, 0) is 4.74 Å². The van der Waals surface area contributed by atoms with Crippen LogP contribution < -0.4 is 0 Å². The molecule has 0 atom stereocenters. The number of benzene rings is 1. The van der Waals surface area contributed by atoms with Gasteiger partial charge in [-0.3, -0.25) is 9.59 Å². The maximum atomic E-state index is 12.5. The lowest BCUT2D eigenvalue weighted by molar-refractivity contribution is 0.0961. The van der Waals surface area contributed by atoms with E-state index in [-0.39, 0.29) is 11.6 Å². The van der Waals surface area contributed by atoms with Crippen molar-refractivity contribution in [1.29, 1.82) is 0 Å². The van der Waals surface area contributed by atoms with Gasteiger partial charge in [0.1, 0.15) is 0 Å². The maximum Gasteiger partial charge on any atom is 0.194 e. The van der Waals surface area contributed by atoms with Gasteiger partial charge in [-0.05, 0) is 18.6 Å². The van der Waals surface area contributed by atoms with Crippen LogP contribution >= 0.6 is 0 Å². The highest BCUT2D eigenvalue weighted by atomic mass is 16.5. The van der Waals surface area contributed by atoms with Crippen LogP contribution in [0.4, 0.5) is 0 Å². The van der Waals surface area contributed by atoms with E-state index in [9.17, 15) is 9.59 Å². The first kappa shape index (κ1) is 12.1. The molecule has 0 amide bonds. The first-order valence-corrected chi connectivity index (χ1v) is 6.35.